The van der Waals surface area contributed by atoms with Crippen molar-refractivity contribution < 1.29 is 13.9 Å². The number of aromatic nitrogens is 1. The Bertz CT molecular complexity index is 443. The van der Waals surface area contributed by atoms with E-state index in [0.717, 1.165) is 12.8 Å². The molecule has 1 atom stereocenters. The number of hydrogen-bond donors (Lipinski definition) is 0. The maximum absolute atomic E-state index is 11.8. The van der Waals surface area contributed by atoms with Gasteiger partial charge in [0, 0.05) is 6.42 Å². The fourth-order valence-electron chi connectivity index (χ4n) is 2.50. The largest absolute Gasteiger partial charge is 0.460 e. The summed E-state index contributed by atoms with van der Waals surface area (Å²) < 4.78 is 10.6. The lowest BCUT2D eigenvalue weighted by molar-refractivity contribution is 0.0485. The van der Waals surface area contributed by atoms with E-state index in [1.54, 1.807) is 6.92 Å². The molecule has 0 spiro atoms. The molecule has 0 saturated carbocycles. The maximum atomic E-state index is 11.8. The van der Waals surface area contributed by atoms with Crippen molar-refractivity contribution in [2.24, 2.45) is 11.3 Å². The Hall–Kier alpha value is -1.32. The number of aryl methyl sites for hydroxylation is 1. The maximum Gasteiger partial charge on any atom is 0.376 e. The van der Waals surface area contributed by atoms with Crippen LogP contribution in [0.3, 0.4) is 0 Å². The van der Waals surface area contributed by atoms with E-state index in [1.807, 2.05) is 6.92 Å². The van der Waals surface area contributed by atoms with Gasteiger partial charge in [-0.25, -0.2) is 9.78 Å². The van der Waals surface area contributed by atoms with Crippen LogP contribution >= 0.6 is 0 Å². The van der Waals surface area contributed by atoms with E-state index in [0.29, 0.717) is 30.5 Å². The van der Waals surface area contributed by atoms with Crippen LogP contribution in [-0.4, -0.2) is 17.6 Å². The zero-order valence-corrected chi connectivity index (χ0v) is 13.6. The van der Waals surface area contributed by atoms with Crippen LogP contribution in [0.15, 0.2) is 4.42 Å². The van der Waals surface area contributed by atoms with Crippen LogP contribution in [0, 0.1) is 11.3 Å². The topological polar surface area (TPSA) is 52.3 Å². The Morgan fingerprint density at radius 3 is 2.50 bits per heavy atom. The molecule has 20 heavy (non-hydrogen) atoms. The molecule has 0 bridgehead atoms. The summed E-state index contributed by atoms with van der Waals surface area (Å²) in [5.74, 6) is 0.967. The number of oxazole rings is 1. The Balaban J connectivity index is 2.79. The molecule has 0 radical (unpaired) electrons. The van der Waals surface area contributed by atoms with Crippen molar-refractivity contribution in [1.29, 1.82) is 0 Å². The van der Waals surface area contributed by atoms with Crippen molar-refractivity contribution >= 4 is 5.97 Å². The summed E-state index contributed by atoms with van der Waals surface area (Å²) in [5, 5.41) is 0. The Kier molecular flexibility index (Phi) is 5.78. The second-order valence-corrected chi connectivity index (χ2v) is 6.53. The van der Waals surface area contributed by atoms with Crippen LogP contribution in [0.25, 0.3) is 0 Å². The van der Waals surface area contributed by atoms with E-state index in [1.165, 1.54) is 0 Å². The second-order valence-electron chi connectivity index (χ2n) is 6.53. The minimum absolute atomic E-state index is 0.271. The third kappa shape index (κ3) is 4.99. The van der Waals surface area contributed by atoms with Gasteiger partial charge in [-0.15, -0.1) is 0 Å². The molecular formula is C16H27NO3. The predicted molar refractivity (Wildman–Crippen MR) is 78.8 cm³/mol. The van der Waals surface area contributed by atoms with Gasteiger partial charge >= 0.3 is 5.97 Å². The van der Waals surface area contributed by atoms with E-state index >= 15 is 0 Å². The van der Waals surface area contributed by atoms with E-state index in [9.17, 15) is 4.79 Å². The summed E-state index contributed by atoms with van der Waals surface area (Å²) in [5.41, 5.74) is 0.977. The van der Waals surface area contributed by atoms with E-state index < -0.39 is 5.97 Å². The smallest absolute Gasteiger partial charge is 0.376 e. The highest BCUT2D eigenvalue weighted by molar-refractivity contribution is 5.87. The van der Waals surface area contributed by atoms with Crippen LogP contribution in [-0.2, 0) is 17.6 Å². The first-order chi connectivity index (χ1) is 9.26. The monoisotopic (exact) mass is 281 g/mol. The molecule has 4 heteroatoms. The van der Waals surface area contributed by atoms with Gasteiger partial charge in [-0.05, 0) is 31.1 Å². The number of carbonyl (C=O) groups is 1. The highest BCUT2D eigenvalue weighted by Gasteiger charge is 2.22. The molecule has 0 amide bonds. The van der Waals surface area contributed by atoms with Gasteiger partial charge < -0.3 is 9.15 Å². The zero-order valence-electron chi connectivity index (χ0n) is 13.6. The SMILES string of the molecule is CCOC(=O)c1oc(CC(C)CC(C)(C)C)nc1CC. The molecule has 1 heterocycles. The van der Waals surface area contributed by atoms with E-state index in [-0.39, 0.29) is 11.2 Å². The minimum Gasteiger partial charge on any atom is -0.460 e. The standard InChI is InChI=1S/C16H27NO3/c1-7-12-14(15(18)19-8-2)20-13(17-12)9-11(3)10-16(4,5)6/h11H,7-10H2,1-6H3. The number of ether oxygens (including phenoxy) is 1. The van der Waals surface area contributed by atoms with Crippen LogP contribution in [0.2, 0.25) is 0 Å². The minimum atomic E-state index is -0.411. The highest BCUT2D eigenvalue weighted by atomic mass is 16.5. The molecule has 1 aromatic heterocycles. The van der Waals surface area contributed by atoms with E-state index in [4.69, 9.17) is 9.15 Å². The van der Waals surface area contributed by atoms with Gasteiger partial charge in [0.15, 0.2) is 5.89 Å². The van der Waals surface area contributed by atoms with Crippen molar-refractivity contribution in [1.82, 2.24) is 4.98 Å². The second kappa shape index (κ2) is 6.91. The van der Waals surface area contributed by atoms with E-state index in [2.05, 4.69) is 32.7 Å². The molecule has 0 N–H and O–H groups in total. The fraction of sp³-hybridized carbons (Fsp3) is 0.750. The van der Waals surface area contributed by atoms with Gasteiger partial charge in [-0.2, -0.15) is 0 Å². The molecule has 0 aliphatic rings. The van der Waals surface area contributed by atoms with Gasteiger partial charge in [0.25, 0.3) is 0 Å². The van der Waals surface area contributed by atoms with Crippen LogP contribution in [0.5, 0.6) is 0 Å². The number of rotatable bonds is 6. The number of esters is 1. The molecule has 114 valence electrons. The van der Waals surface area contributed by atoms with Crippen LogP contribution < -0.4 is 0 Å². The molecular weight excluding hydrogens is 254 g/mol. The Labute approximate surface area is 121 Å². The average Bonchev–Trinajstić information content (AvgIpc) is 2.69. The normalized spacial score (nSPS) is 13.3. The lowest BCUT2D eigenvalue weighted by atomic mass is 9.84. The molecule has 0 aliphatic heterocycles. The molecule has 0 fully saturated rings. The lowest BCUT2D eigenvalue weighted by Gasteiger charge is -2.22. The van der Waals surface area contributed by atoms with Crippen LogP contribution in [0.1, 0.15) is 70.1 Å². The molecule has 1 rings (SSSR count). The Morgan fingerprint density at radius 2 is 2.00 bits per heavy atom. The first kappa shape index (κ1) is 16.7. The van der Waals surface area contributed by atoms with Crippen LogP contribution in [0.4, 0.5) is 0 Å². The van der Waals surface area contributed by atoms with Crippen molar-refractivity contribution in [2.45, 2.75) is 60.8 Å². The van der Waals surface area contributed by atoms with Crippen molar-refractivity contribution in [2.75, 3.05) is 6.61 Å². The summed E-state index contributed by atoms with van der Waals surface area (Å²) in [6.07, 6.45) is 2.51. The fourth-order valence-corrected chi connectivity index (χ4v) is 2.50. The van der Waals surface area contributed by atoms with Crippen molar-refractivity contribution in [3.05, 3.63) is 17.3 Å². The number of carbonyl (C=O) groups excluding carboxylic acids is 1. The number of nitrogens with zero attached hydrogens (tertiary/aromatic N) is 1. The molecule has 4 nitrogen and oxygen atoms in total. The Morgan fingerprint density at radius 1 is 1.35 bits per heavy atom. The zero-order chi connectivity index (χ0) is 15.3. The summed E-state index contributed by atoms with van der Waals surface area (Å²) in [6, 6.07) is 0. The molecule has 1 unspecified atom stereocenters. The molecule has 0 aliphatic carbocycles. The third-order valence-electron chi connectivity index (χ3n) is 3.02. The number of hydrogen-bond acceptors (Lipinski definition) is 4. The van der Waals surface area contributed by atoms with Crippen molar-refractivity contribution in [3.8, 4) is 0 Å². The third-order valence-corrected chi connectivity index (χ3v) is 3.02. The summed E-state index contributed by atoms with van der Waals surface area (Å²) in [4.78, 5) is 16.2. The highest BCUT2D eigenvalue weighted by Crippen LogP contribution is 2.27. The first-order valence-corrected chi connectivity index (χ1v) is 7.42. The van der Waals surface area contributed by atoms with Gasteiger partial charge in [-0.3, -0.25) is 0 Å². The quantitative estimate of drug-likeness (QED) is 0.739. The molecule has 0 saturated heterocycles. The predicted octanol–water partition coefficient (Wildman–Crippen LogP) is 4.03. The van der Waals surface area contributed by atoms with Gasteiger partial charge in [0.05, 0.1) is 12.3 Å². The van der Waals surface area contributed by atoms with Crippen molar-refractivity contribution in [3.63, 3.8) is 0 Å². The average molecular weight is 281 g/mol. The summed E-state index contributed by atoms with van der Waals surface area (Å²) >= 11 is 0. The summed E-state index contributed by atoms with van der Waals surface area (Å²) in [7, 11) is 0. The molecule has 0 aromatic carbocycles. The lowest BCUT2D eigenvalue weighted by Crippen LogP contribution is -2.12. The molecule has 1 aromatic rings. The summed E-state index contributed by atoms with van der Waals surface area (Å²) in [6.45, 7) is 12.9. The van der Waals surface area contributed by atoms with Gasteiger partial charge in [0.2, 0.25) is 5.76 Å². The van der Waals surface area contributed by atoms with Gasteiger partial charge in [0.1, 0.15) is 0 Å². The first-order valence-electron chi connectivity index (χ1n) is 7.42. The van der Waals surface area contributed by atoms with Gasteiger partial charge in [-0.1, -0.05) is 34.6 Å².